The Morgan fingerprint density at radius 2 is 2.36 bits per heavy atom. The van der Waals surface area contributed by atoms with Crippen LogP contribution in [0.3, 0.4) is 0 Å². The molecule has 7 heteroatoms. The highest BCUT2D eigenvalue weighted by Crippen LogP contribution is 2.01. The smallest absolute Gasteiger partial charge is 0.380 e. The number of ether oxygens (including phenoxy) is 1. The first-order valence-corrected chi connectivity index (χ1v) is 3.91. The minimum absolute atomic E-state index is 0.330. The molecule has 0 bridgehead atoms. The number of carbonyl (C=O) groups is 1. The van der Waals surface area contributed by atoms with E-state index >= 15 is 0 Å². The van der Waals surface area contributed by atoms with Crippen molar-refractivity contribution >= 4 is 5.97 Å². The van der Waals surface area contributed by atoms with Gasteiger partial charge in [-0.05, 0) is 18.5 Å². The second-order valence-corrected chi connectivity index (χ2v) is 2.79. The van der Waals surface area contributed by atoms with E-state index in [1.807, 2.05) is 0 Å². The van der Waals surface area contributed by atoms with Crippen LogP contribution in [0.1, 0.15) is 24.5 Å². The SMILES string of the molecule is CC(C)OC(=O)c1nccn1[N+](=O)[O-]. The predicted octanol–water partition coefficient (Wildman–Crippen LogP) is 0.488. The van der Waals surface area contributed by atoms with E-state index in [1.54, 1.807) is 13.8 Å². The molecule has 0 saturated heterocycles. The van der Waals surface area contributed by atoms with Gasteiger partial charge in [0.1, 0.15) is 0 Å². The molecule has 0 aromatic carbocycles. The summed E-state index contributed by atoms with van der Waals surface area (Å²) in [6.45, 7) is 3.30. The highest BCUT2D eigenvalue weighted by molar-refractivity contribution is 5.85. The van der Waals surface area contributed by atoms with E-state index in [9.17, 15) is 14.9 Å². The van der Waals surface area contributed by atoms with Crippen molar-refractivity contribution in [1.29, 1.82) is 0 Å². The largest absolute Gasteiger partial charge is 0.457 e. The number of carbonyl (C=O) groups excluding carboxylic acids is 1. The lowest BCUT2D eigenvalue weighted by atomic mass is 10.5. The molecule has 76 valence electrons. The van der Waals surface area contributed by atoms with E-state index in [2.05, 4.69) is 4.98 Å². The monoisotopic (exact) mass is 199 g/mol. The maximum absolute atomic E-state index is 11.2. The van der Waals surface area contributed by atoms with Gasteiger partial charge in [0.05, 0.1) is 18.5 Å². The fourth-order valence-electron chi connectivity index (χ4n) is 0.842. The van der Waals surface area contributed by atoms with Gasteiger partial charge in [-0.15, -0.1) is 0 Å². The first-order chi connectivity index (χ1) is 6.52. The molecule has 0 aliphatic rings. The molecule has 0 aliphatic carbocycles. The average Bonchev–Trinajstić information content (AvgIpc) is 2.49. The second-order valence-electron chi connectivity index (χ2n) is 2.79. The van der Waals surface area contributed by atoms with Crippen molar-refractivity contribution in [3.63, 3.8) is 0 Å². The summed E-state index contributed by atoms with van der Waals surface area (Å²) in [5.41, 5.74) is 0. The van der Waals surface area contributed by atoms with Gasteiger partial charge in [0.2, 0.25) is 0 Å². The van der Waals surface area contributed by atoms with E-state index in [0.717, 1.165) is 6.20 Å². The lowest BCUT2D eigenvalue weighted by Crippen LogP contribution is -2.20. The number of nitro groups is 1. The van der Waals surface area contributed by atoms with Crippen LogP contribution in [0.4, 0.5) is 0 Å². The Kier molecular flexibility index (Phi) is 2.80. The van der Waals surface area contributed by atoms with Crippen LogP contribution in [0.2, 0.25) is 0 Å². The summed E-state index contributed by atoms with van der Waals surface area (Å²) in [7, 11) is 0. The molecular formula is C7H9N3O4. The summed E-state index contributed by atoms with van der Waals surface area (Å²) in [5.74, 6) is -1.13. The normalized spacial score (nSPS) is 10.2. The molecule has 1 aromatic heterocycles. The lowest BCUT2D eigenvalue weighted by Gasteiger charge is -2.05. The Bertz CT molecular complexity index is 358. The Morgan fingerprint density at radius 1 is 1.71 bits per heavy atom. The molecule has 0 fully saturated rings. The van der Waals surface area contributed by atoms with Crippen molar-refractivity contribution in [3.05, 3.63) is 28.3 Å². The summed E-state index contributed by atoms with van der Waals surface area (Å²) in [6, 6.07) is 0. The van der Waals surface area contributed by atoms with E-state index in [1.165, 1.54) is 6.20 Å². The van der Waals surface area contributed by atoms with Gasteiger partial charge >= 0.3 is 5.97 Å². The van der Waals surface area contributed by atoms with E-state index < -0.39 is 11.0 Å². The minimum Gasteiger partial charge on any atom is -0.457 e. The van der Waals surface area contributed by atoms with Crippen molar-refractivity contribution in [1.82, 2.24) is 9.66 Å². The van der Waals surface area contributed by atoms with Crippen LogP contribution in [-0.2, 0) is 4.74 Å². The number of rotatable bonds is 3. The van der Waals surface area contributed by atoms with Crippen molar-refractivity contribution in [3.8, 4) is 0 Å². The van der Waals surface area contributed by atoms with E-state index in [4.69, 9.17) is 4.74 Å². The Balaban J connectivity index is 2.90. The van der Waals surface area contributed by atoms with Crippen molar-refractivity contribution in [2.24, 2.45) is 0 Å². The number of nitrogens with zero attached hydrogens (tertiary/aromatic N) is 3. The maximum atomic E-state index is 11.2. The molecular weight excluding hydrogens is 190 g/mol. The fraction of sp³-hybridized carbons (Fsp3) is 0.429. The molecule has 0 aliphatic heterocycles. The van der Waals surface area contributed by atoms with Crippen LogP contribution in [0.25, 0.3) is 0 Å². The zero-order valence-electron chi connectivity index (χ0n) is 7.71. The van der Waals surface area contributed by atoms with Gasteiger partial charge in [-0.3, -0.25) is 0 Å². The van der Waals surface area contributed by atoms with Crippen molar-refractivity contribution in [2.45, 2.75) is 20.0 Å². The Labute approximate surface area is 79.4 Å². The molecule has 0 amide bonds. The molecule has 0 saturated carbocycles. The second kappa shape index (κ2) is 3.86. The van der Waals surface area contributed by atoms with Gasteiger partial charge in [-0.2, -0.15) is 0 Å². The number of imidazole rings is 1. The zero-order chi connectivity index (χ0) is 10.7. The quantitative estimate of drug-likeness (QED) is 0.401. The molecule has 0 N–H and O–H groups in total. The van der Waals surface area contributed by atoms with Gasteiger partial charge in [0, 0.05) is 0 Å². The predicted molar refractivity (Wildman–Crippen MR) is 45.2 cm³/mol. The molecule has 0 unspecified atom stereocenters. The number of hydrogen-bond donors (Lipinski definition) is 0. The highest BCUT2D eigenvalue weighted by Gasteiger charge is 2.21. The van der Waals surface area contributed by atoms with Crippen LogP contribution in [0, 0.1) is 10.1 Å². The zero-order valence-corrected chi connectivity index (χ0v) is 7.71. The third kappa shape index (κ3) is 2.06. The third-order valence-corrected chi connectivity index (χ3v) is 1.32. The van der Waals surface area contributed by atoms with Crippen LogP contribution in [-0.4, -0.2) is 26.8 Å². The summed E-state index contributed by atoms with van der Waals surface area (Å²) in [5, 5.41) is 9.65. The third-order valence-electron chi connectivity index (χ3n) is 1.32. The molecule has 7 nitrogen and oxygen atoms in total. The molecule has 0 atom stereocenters. The van der Waals surface area contributed by atoms with Gasteiger partial charge in [-0.25, -0.2) is 19.9 Å². The standard InChI is InChI=1S/C7H9N3O4/c1-5(2)14-7(11)6-8-3-4-9(6)10(12)13/h3-5H,1-2H3. The summed E-state index contributed by atoms with van der Waals surface area (Å²) < 4.78 is 5.28. The van der Waals surface area contributed by atoms with E-state index in [0.29, 0.717) is 4.68 Å². The van der Waals surface area contributed by atoms with Crippen molar-refractivity contribution < 1.29 is 14.6 Å². The molecule has 1 heterocycles. The van der Waals surface area contributed by atoms with Crippen LogP contribution in [0.15, 0.2) is 12.4 Å². The number of esters is 1. The lowest BCUT2D eigenvalue weighted by molar-refractivity contribution is -0.542. The Morgan fingerprint density at radius 3 is 2.86 bits per heavy atom. The molecule has 0 spiro atoms. The highest BCUT2D eigenvalue weighted by atomic mass is 16.7. The fourth-order valence-corrected chi connectivity index (χ4v) is 0.842. The first kappa shape index (κ1) is 10.2. The minimum atomic E-state index is -0.804. The summed E-state index contributed by atoms with van der Waals surface area (Å²) in [4.78, 5) is 25.2. The molecule has 1 rings (SSSR count). The Hall–Kier alpha value is -1.92. The van der Waals surface area contributed by atoms with Crippen LogP contribution < -0.4 is 0 Å². The van der Waals surface area contributed by atoms with Gasteiger partial charge in [-0.1, -0.05) is 0 Å². The van der Waals surface area contributed by atoms with Crippen LogP contribution in [0.5, 0.6) is 0 Å². The topological polar surface area (TPSA) is 87.3 Å². The summed E-state index contributed by atoms with van der Waals surface area (Å²) >= 11 is 0. The number of hydrogen-bond acceptors (Lipinski definition) is 5. The maximum Gasteiger partial charge on any atom is 0.380 e. The van der Waals surface area contributed by atoms with Gasteiger partial charge in [0.15, 0.2) is 5.03 Å². The van der Waals surface area contributed by atoms with Gasteiger partial charge in [0.25, 0.3) is 5.82 Å². The summed E-state index contributed by atoms with van der Waals surface area (Å²) in [6.07, 6.45) is 1.91. The first-order valence-electron chi connectivity index (χ1n) is 3.91. The molecule has 0 radical (unpaired) electrons. The molecule has 1 aromatic rings. The average molecular weight is 199 g/mol. The van der Waals surface area contributed by atoms with Crippen molar-refractivity contribution in [2.75, 3.05) is 0 Å². The van der Waals surface area contributed by atoms with Crippen LogP contribution >= 0.6 is 0 Å². The molecule has 14 heavy (non-hydrogen) atoms. The van der Waals surface area contributed by atoms with E-state index in [-0.39, 0.29) is 11.9 Å². The number of aromatic nitrogens is 2. The van der Waals surface area contributed by atoms with Gasteiger partial charge < -0.3 is 4.74 Å².